The van der Waals surface area contributed by atoms with Crippen molar-refractivity contribution in [2.24, 2.45) is 0 Å². The van der Waals surface area contributed by atoms with E-state index in [4.69, 9.17) is 4.74 Å². The highest BCUT2D eigenvalue weighted by molar-refractivity contribution is 5.27. The normalized spacial score (nSPS) is 20.9. The molecule has 0 amide bonds. The molecule has 12 heavy (non-hydrogen) atoms. The summed E-state index contributed by atoms with van der Waals surface area (Å²) in [6.45, 7) is 12.3. The molecule has 0 atom stereocenters. The fourth-order valence-electron chi connectivity index (χ4n) is 1.29. The van der Waals surface area contributed by atoms with Gasteiger partial charge in [0.05, 0.1) is 12.2 Å². The van der Waals surface area contributed by atoms with Crippen molar-refractivity contribution in [3.63, 3.8) is 0 Å². The Balaban J connectivity index is 2.79. The summed E-state index contributed by atoms with van der Waals surface area (Å²) < 4.78 is 5.32. The molecular weight excluding hydrogens is 150 g/mol. The first-order valence-corrected chi connectivity index (χ1v) is 4.19. The van der Waals surface area contributed by atoms with E-state index >= 15 is 0 Å². The van der Waals surface area contributed by atoms with Gasteiger partial charge in [-0.15, -0.1) is 0 Å². The van der Waals surface area contributed by atoms with Crippen molar-refractivity contribution in [1.29, 1.82) is 0 Å². The highest BCUT2D eigenvalue weighted by Gasteiger charge is 2.16. The Hall–Kier alpha value is -1.18. The van der Waals surface area contributed by atoms with Crippen molar-refractivity contribution in [3.05, 3.63) is 36.8 Å². The topological polar surface area (TPSA) is 12.5 Å². The molecule has 66 valence electrons. The van der Waals surface area contributed by atoms with Gasteiger partial charge in [0, 0.05) is 6.54 Å². The summed E-state index contributed by atoms with van der Waals surface area (Å²) >= 11 is 0. The number of nitrogens with zero attached hydrogens (tertiary/aromatic N) is 1. The Labute approximate surface area is 73.8 Å². The van der Waals surface area contributed by atoms with Gasteiger partial charge < -0.3 is 9.64 Å². The van der Waals surface area contributed by atoms with Crippen molar-refractivity contribution >= 4 is 0 Å². The average molecular weight is 165 g/mol. The zero-order chi connectivity index (χ0) is 8.97. The van der Waals surface area contributed by atoms with Crippen LogP contribution in [0.5, 0.6) is 0 Å². The van der Waals surface area contributed by atoms with E-state index in [9.17, 15) is 0 Å². The van der Waals surface area contributed by atoms with E-state index in [0.29, 0.717) is 0 Å². The summed E-state index contributed by atoms with van der Waals surface area (Å²) in [4.78, 5) is 2.23. The molecule has 0 aromatic heterocycles. The van der Waals surface area contributed by atoms with Crippen molar-refractivity contribution in [3.8, 4) is 0 Å². The van der Waals surface area contributed by atoms with Crippen LogP contribution in [-0.4, -0.2) is 24.6 Å². The fraction of sp³-hybridized carbons (Fsp3) is 0.400. The standard InChI is InChI=1S/C10H15NO/c1-4-6-10-9(3)12-8-7-11(10)5-2/h4,6H,1,3,5,7-8H2,2H3/b10-6+. The van der Waals surface area contributed by atoms with Gasteiger partial charge >= 0.3 is 0 Å². The van der Waals surface area contributed by atoms with Gasteiger partial charge in [-0.05, 0) is 13.0 Å². The van der Waals surface area contributed by atoms with Gasteiger partial charge in [-0.2, -0.15) is 0 Å². The lowest BCUT2D eigenvalue weighted by Gasteiger charge is -2.31. The van der Waals surface area contributed by atoms with Gasteiger partial charge in [0.15, 0.2) is 0 Å². The smallest absolute Gasteiger partial charge is 0.135 e. The average Bonchev–Trinajstić information content (AvgIpc) is 2.09. The maximum Gasteiger partial charge on any atom is 0.135 e. The molecule has 1 rings (SSSR count). The minimum atomic E-state index is 0.737. The first-order valence-electron chi connectivity index (χ1n) is 4.19. The van der Waals surface area contributed by atoms with E-state index in [-0.39, 0.29) is 0 Å². The van der Waals surface area contributed by atoms with E-state index < -0.39 is 0 Å². The van der Waals surface area contributed by atoms with Crippen LogP contribution in [-0.2, 0) is 4.74 Å². The molecule has 0 N–H and O–H groups in total. The van der Waals surface area contributed by atoms with E-state index in [1.54, 1.807) is 6.08 Å². The molecule has 1 fully saturated rings. The third-order valence-electron chi connectivity index (χ3n) is 1.92. The lowest BCUT2D eigenvalue weighted by atomic mass is 10.2. The summed E-state index contributed by atoms with van der Waals surface area (Å²) in [5.74, 6) is 0.753. The maximum absolute atomic E-state index is 5.32. The molecule has 0 spiro atoms. The Morgan fingerprint density at radius 1 is 1.67 bits per heavy atom. The van der Waals surface area contributed by atoms with Crippen LogP contribution < -0.4 is 0 Å². The van der Waals surface area contributed by atoms with E-state index in [1.165, 1.54) is 0 Å². The molecule has 0 saturated carbocycles. The lowest BCUT2D eigenvalue weighted by molar-refractivity contribution is 0.132. The quantitative estimate of drug-likeness (QED) is 0.620. The second-order valence-electron chi connectivity index (χ2n) is 2.64. The first kappa shape index (κ1) is 8.91. The fourth-order valence-corrected chi connectivity index (χ4v) is 1.29. The summed E-state index contributed by atoms with van der Waals surface area (Å²) in [6, 6.07) is 0. The van der Waals surface area contributed by atoms with Crippen LogP contribution in [0.1, 0.15) is 6.92 Å². The first-order chi connectivity index (χ1) is 5.79. The molecule has 0 aromatic carbocycles. The molecule has 0 aromatic rings. The Kier molecular flexibility index (Phi) is 2.97. The number of ether oxygens (including phenoxy) is 1. The number of hydrogen-bond acceptors (Lipinski definition) is 2. The van der Waals surface area contributed by atoms with Crippen LogP contribution in [0.15, 0.2) is 36.8 Å². The molecule has 1 saturated heterocycles. The van der Waals surface area contributed by atoms with Crippen molar-refractivity contribution in [2.75, 3.05) is 19.7 Å². The van der Waals surface area contributed by atoms with Gasteiger partial charge in [-0.3, -0.25) is 0 Å². The zero-order valence-corrected chi connectivity index (χ0v) is 7.55. The number of hydrogen-bond donors (Lipinski definition) is 0. The monoisotopic (exact) mass is 165 g/mol. The summed E-state index contributed by atoms with van der Waals surface area (Å²) in [5.41, 5.74) is 1.05. The molecular formula is C10H15NO. The molecule has 0 aliphatic carbocycles. The number of morpholine rings is 1. The zero-order valence-electron chi connectivity index (χ0n) is 7.55. The Bertz CT molecular complexity index is 218. The van der Waals surface area contributed by atoms with E-state index in [2.05, 4.69) is 25.0 Å². The van der Waals surface area contributed by atoms with Crippen LogP contribution in [0.3, 0.4) is 0 Å². The van der Waals surface area contributed by atoms with Crippen molar-refractivity contribution < 1.29 is 4.74 Å². The number of likely N-dealkylation sites (N-methyl/N-ethyl adjacent to an activating group) is 1. The molecule has 0 bridgehead atoms. The van der Waals surface area contributed by atoms with E-state index in [0.717, 1.165) is 31.2 Å². The van der Waals surface area contributed by atoms with Crippen LogP contribution >= 0.6 is 0 Å². The predicted octanol–water partition coefficient (Wildman–Crippen LogP) is 1.92. The summed E-state index contributed by atoms with van der Waals surface area (Å²) in [5, 5.41) is 0. The SMILES string of the molecule is C=C/C=C1\C(=C)OCCN1CC. The number of rotatable bonds is 2. The number of allylic oxidation sites excluding steroid dienone is 2. The van der Waals surface area contributed by atoms with Crippen LogP contribution in [0.25, 0.3) is 0 Å². The highest BCUT2D eigenvalue weighted by Crippen LogP contribution is 2.19. The Morgan fingerprint density at radius 2 is 2.42 bits per heavy atom. The van der Waals surface area contributed by atoms with Crippen molar-refractivity contribution in [2.45, 2.75) is 6.92 Å². The van der Waals surface area contributed by atoms with Crippen LogP contribution in [0.2, 0.25) is 0 Å². The molecule has 0 unspecified atom stereocenters. The highest BCUT2D eigenvalue weighted by atomic mass is 16.5. The molecule has 1 aliphatic rings. The van der Waals surface area contributed by atoms with Crippen LogP contribution in [0, 0.1) is 0 Å². The van der Waals surface area contributed by atoms with Gasteiger partial charge in [0.2, 0.25) is 0 Å². The van der Waals surface area contributed by atoms with Gasteiger partial charge in [0.1, 0.15) is 12.4 Å². The largest absolute Gasteiger partial charge is 0.490 e. The third kappa shape index (κ3) is 1.70. The van der Waals surface area contributed by atoms with E-state index in [1.807, 2.05) is 6.08 Å². The molecule has 2 heteroatoms. The maximum atomic E-state index is 5.32. The Morgan fingerprint density at radius 3 is 3.00 bits per heavy atom. The second kappa shape index (κ2) is 4.00. The summed E-state index contributed by atoms with van der Waals surface area (Å²) in [7, 11) is 0. The summed E-state index contributed by atoms with van der Waals surface area (Å²) in [6.07, 6.45) is 3.70. The molecule has 1 aliphatic heterocycles. The van der Waals surface area contributed by atoms with Crippen molar-refractivity contribution in [1.82, 2.24) is 4.90 Å². The van der Waals surface area contributed by atoms with Gasteiger partial charge in [0.25, 0.3) is 0 Å². The second-order valence-corrected chi connectivity index (χ2v) is 2.64. The third-order valence-corrected chi connectivity index (χ3v) is 1.92. The molecule has 1 heterocycles. The van der Waals surface area contributed by atoms with Crippen LogP contribution in [0.4, 0.5) is 0 Å². The molecule has 0 radical (unpaired) electrons. The molecule has 2 nitrogen and oxygen atoms in total. The van der Waals surface area contributed by atoms with Gasteiger partial charge in [-0.25, -0.2) is 0 Å². The predicted molar refractivity (Wildman–Crippen MR) is 50.6 cm³/mol. The minimum Gasteiger partial charge on any atom is -0.490 e. The lowest BCUT2D eigenvalue weighted by Crippen LogP contribution is -2.32. The van der Waals surface area contributed by atoms with Gasteiger partial charge in [-0.1, -0.05) is 19.2 Å². The minimum absolute atomic E-state index is 0.737.